The number of carbonyl (C=O) groups is 1. The molecule has 1 saturated heterocycles. The highest BCUT2D eigenvalue weighted by Gasteiger charge is 2.29. The molecule has 22 heavy (non-hydrogen) atoms. The van der Waals surface area contributed by atoms with E-state index in [-0.39, 0.29) is 18.2 Å². The molecule has 3 rings (SSSR count). The summed E-state index contributed by atoms with van der Waals surface area (Å²) < 4.78 is 5.55. The van der Waals surface area contributed by atoms with Gasteiger partial charge in [-0.25, -0.2) is 4.79 Å². The van der Waals surface area contributed by atoms with Gasteiger partial charge in [-0.05, 0) is 26.0 Å². The highest BCUT2D eigenvalue weighted by Crippen LogP contribution is 2.24. The Kier molecular flexibility index (Phi) is 4.06. The summed E-state index contributed by atoms with van der Waals surface area (Å²) >= 11 is 0. The minimum atomic E-state index is -0.152. The topological polar surface area (TPSA) is 83.1 Å². The molecule has 2 N–H and O–H groups in total. The number of amides is 2. The van der Waals surface area contributed by atoms with Gasteiger partial charge in [-0.2, -0.15) is 5.10 Å². The number of nitrogens with one attached hydrogen (secondary N) is 2. The molecule has 0 spiro atoms. The first kappa shape index (κ1) is 14.5. The molecule has 0 saturated carbocycles. The average molecular weight is 301 g/mol. The number of aromatic amines is 1. The smallest absolute Gasteiger partial charge is 0.322 e. The van der Waals surface area contributed by atoms with E-state index in [0.29, 0.717) is 24.5 Å². The second-order valence-electron chi connectivity index (χ2n) is 5.31. The largest absolute Gasteiger partial charge is 0.375 e. The summed E-state index contributed by atoms with van der Waals surface area (Å²) in [6, 6.07) is 5.47. The molecule has 1 fully saturated rings. The van der Waals surface area contributed by atoms with E-state index in [9.17, 15) is 4.79 Å². The third kappa shape index (κ3) is 2.80. The Bertz CT molecular complexity index is 642. The van der Waals surface area contributed by atoms with Crippen LogP contribution in [0.5, 0.6) is 0 Å². The van der Waals surface area contributed by atoms with Crippen molar-refractivity contribution >= 4 is 11.7 Å². The van der Waals surface area contributed by atoms with Gasteiger partial charge in [-0.3, -0.25) is 10.1 Å². The van der Waals surface area contributed by atoms with Gasteiger partial charge in [-0.15, -0.1) is 0 Å². The van der Waals surface area contributed by atoms with E-state index < -0.39 is 0 Å². The van der Waals surface area contributed by atoms with Crippen molar-refractivity contribution in [2.45, 2.75) is 26.0 Å². The van der Waals surface area contributed by atoms with Crippen molar-refractivity contribution in [2.24, 2.45) is 0 Å². The van der Waals surface area contributed by atoms with Crippen molar-refractivity contribution in [3.05, 3.63) is 30.6 Å². The number of nitrogens with zero attached hydrogens (tertiary/aromatic N) is 3. The van der Waals surface area contributed by atoms with Crippen LogP contribution in [0.3, 0.4) is 0 Å². The summed E-state index contributed by atoms with van der Waals surface area (Å²) in [6.07, 6.45) is 3.32. The van der Waals surface area contributed by atoms with Crippen LogP contribution in [0.4, 0.5) is 10.5 Å². The first-order valence-electron chi connectivity index (χ1n) is 7.31. The van der Waals surface area contributed by atoms with Crippen LogP contribution in [0.15, 0.2) is 30.6 Å². The Morgan fingerprint density at radius 1 is 1.45 bits per heavy atom. The number of H-pyrrole nitrogens is 1. The maximum Gasteiger partial charge on any atom is 0.322 e. The predicted octanol–water partition coefficient (Wildman–Crippen LogP) is 2.11. The summed E-state index contributed by atoms with van der Waals surface area (Å²) in [6.45, 7) is 5.09. The molecular formula is C15H19N5O2. The van der Waals surface area contributed by atoms with Crippen LogP contribution in [0, 0.1) is 0 Å². The highest BCUT2D eigenvalue weighted by atomic mass is 16.5. The number of aromatic nitrogens is 3. The van der Waals surface area contributed by atoms with Crippen LogP contribution in [0.2, 0.25) is 0 Å². The van der Waals surface area contributed by atoms with Crippen LogP contribution in [0.25, 0.3) is 11.4 Å². The van der Waals surface area contributed by atoms with Crippen molar-refractivity contribution in [1.29, 1.82) is 0 Å². The van der Waals surface area contributed by atoms with Gasteiger partial charge >= 0.3 is 6.03 Å². The second-order valence-corrected chi connectivity index (χ2v) is 5.31. The maximum atomic E-state index is 12.5. The van der Waals surface area contributed by atoms with Crippen LogP contribution < -0.4 is 5.32 Å². The van der Waals surface area contributed by atoms with Gasteiger partial charge in [-0.1, -0.05) is 6.07 Å². The minimum absolute atomic E-state index is 0.0268. The van der Waals surface area contributed by atoms with Crippen LogP contribution in [-0.4, -0.2) is 51.4 Å². The molecule has 0 aliphatic carbocycles. The molecule has 7 heteroatoms. The number of pyridine rings is 1. The summed E-state index contributed by atoms with van der Waals surface area (Å²) in [4.78, 5) is 18.6. The van der Waals surface area contributed by atoms with E-state index >= 15 is 0 Å². The number of rotatable bonds is 2. The molecule has 2 amide bonds. The first-order chi connectivity index (χ1) is 10.7. The molecule has 0 unspecified atom stereocenters. The number of urea groups is 1. The van der Waals surface area contributed by atoms with Crippen molar-refractivity contribution in [1.82, 2.24) is 20.1 Å². The van der Waals surface area contributed by atoms with E-state index in [1.807, 2.05) is 32.0 Å². The van der Waals surface area contributed by atoms with Gasteiger partial charge in [0.2, 0.25) is 0 Å². The van der Waals surface area contributed by atoms with E-state index in [1.165, 1.54) is 0 Å². The van der Waals surface area contributed by atoms with E-state index in [1.54, 1.807) is 17.3 Å². The molecule has 2 aromatic rings. The second kappa shape index (κ2) is 6.15. The molecule has 2 atom stereocenters. The Hall–Kier alpha value is -2.41. The fourth-order valence-electron chi connectivity index (χ4n) is 2.49. The van der Waals surface area contributed by atoms with Gasteiger partial charge < -0.3 is 15.0 Å². The quantitative estimate of drug-likeness (QED) is 0.890. The molecule has 0 radical (unpaired) electrons. The molecule has 2 aromatic heterocycles. The molecule has 1 aliphatic rings. The van der Waals surface area contributed by atoms with Crippen molar-refractivity contribution in [3.8, 4) is 11.4 Å². The lowest BCUT2D eigenvalue weighted by Crippen LogP contribution is -2.52. The van der Waals surface area contributed by atoms with Crippen molar-refractivity contribution in [3.63, 3.8) is 0 Å². The standard InChI is InChI=1S/C15H19N5O2/c1-10-11(2)22-8-7-20(10)15(21)18-13-9-17-19-14(13)12-5-3-4-6-16-12/h3-6,9-11H,7-8H2,1-2H3,(H,17,19)(H,18,21)/t10-,11+/m1/s1. The zero-order valence-electron chi connectivity index (χ0n) is 12.6. The number of ether oxygens (including phenoxy) is 1. The zero-order chi connectivity index (χ0) is 15.5. The molecular weight excluding hydrogens is 282 g/mol. The lowest BCUT2D eigenvalue weighted by molar-refractivity contribution is -0.0355. The summed E-state index contributed by atoms with van der Waals surface area (Å²) in [5.74, 6) is 0. The van der Waals surface area contributed by atoms with E-state index in [4.69, 9.17) is 4.74 Å². The van der Waals surface area contributed by atoms with E-state index in [2.05, 4.69) is 20.5 Å². The normalized spacial score (nSPS) is 21.6. The number of anilines is 1. The van der Waals surface area contributed by atoms with Gasteiger partial charge in [0.15, 0.2) is 0 Å². The summed E-state index contributed by atoms with van der Waals surface area (Å²) in [5, 5.41) is 9.80. The van der Waals surface area contributed by atoms with Crippen LogP contribution >= 0.6 is 0 Å². The van der Waals surface area contributed by atoms with Gasteiger partial charge in [0.25, 0.3) is 0 Å². The van der Waals surface area contributed by atoms with Crippen LogP contribution in [-0.2, 0) is 4.74 Å². The average Bonchev–Trinajstić information content (AvgIpc) is 2.99. The predicted molar refractivity (Wildman–Crippen MR) is 82.4 cm³/mol. The minimum Gasteiger partial charge on any atom is -0.375 e. The third-order valence-electron chi connectivity index (χ3n) is 3.95. The van der Waals surface area contributed by atoms with Gasteiger partial charge in [0.05, 0.1) is 36.3 Å². The summed E-state index contributed by atoms with van der Waals surface area (Å²) in [5.41, 5.74) is 2.05. The molecule has 3 heterocycles. The Morgan fingerprint density at radius 3 is 3.09 bits per heavy atom. The number of morpholine rings is 1. The number of hydrogen-bond donors (Lipinski definition) is 2. The Morgan fingerprint density at radius 2 is 2.32 bits per heavy atom. The third-order valence-corrected chi connectivity index (χ3v) is 3.95. The Balaban J connectivity index is 1.77. The fraction of sp³-hybridized carbons (Fsp3) is 0.400. The Labute approximate surface area is 128 Å². The van der Waals surface area contributed by atoms with Crippen molar-refractivity contribution < 1.29 is 9.53 Å². The molecule has 0 aromatic carbocycles. The van der Waals surface area contributed by atoms with Crippen LogP contribution in [0.1, 0.15) is 13.8 Å². The van der Waals surface area contributed by atoms with Crippen molar-refractivity contribution in [2.75, 3.05) is 18.5 Å². The SMILES string of the molecule is C[C@@H]1OCCN(C(=O)Nc2cn[nH]c2-c2ccccn2)[C@@H]1C. The zero-order valence-corrected chi connectivity index (χ0v) is 12.6. The summed E-state index contributed by atoms with van der Waals surface area (Å²) in [7, 11) is 0. The molecule has 0 bridgehead atoms. The van der Waals surface area contributed by atoms with Gasteiger partial charge in [0.1, 0.15) is 5.69 Å². The number of hydrogen-bond acceptors (Lipinski definition) is 4. The lowest BCUT2D eigenvalue weighted by atomic mass is 10.1. The molecule has 116 valence electrons. The first-order valence-corrected chi connectivity index (χ1v) is 7.31. The van der Waals surface area contributed by atoms with E-state index in [0.717, 1.165) is 5.69 Å². The maximum absolute atomic E-state index is 12.5. The van der Waals surface area contributed by atoms with Gasteiger partial charge in [0, 0.05) is 12.7 Å². The number of carbonyl (C=O) groups excluding carboxylic acids is 1. The lowest BCUT2D eigenvalue weighted by Gasteiger charge is -2.37. The molecule has 7 nitrogen and oxygen atoms in total. The highest BCUT2D eigenvalue weighted by molar-refractivity contribution is 5.93. The monoisotopic (exact) mass is 301 g/mol. The fourth-order valence-corrected chi connectivity index (χ4v) is 2.49. The molecule has 1 aliphatic heterocycles.